The predicted molar refractivity (Wildman–Crippen MR) is 123 cm³/mol. The molecule has 0 bridgehead atoms. The lowest BCUT2D eigenvalue weighted by molar-refractivity contribution is -0.113. The van der Waals surface area contributed by atoms with E-state index in [-0.39, 0.29) is 23.6 Å². The maximum Gasteiger partial charge on any atom is 0.251 e. The van der Waals surface area contributed by atoms with Gasteiger partial charge in [0.15, 0.2) is 11.0 Å². The van der Waals surface area contributed by atoms with Gasteiger partial charge in [-0.3, -0.25) is 9.59 Å². The fourth-order valence-electron chi connectivity index (χ4n) is 3.23. The molecule has 1 unspecified atom stereocenters. The highest BCUT2D eigenvalue weighted by Gasteiger charge is 2.20. The summed E-state index contributed by atoms with van der Waals surface area (Å²) >= 11 is 1.33. The Morgan fingerprint density at radius 2 is 1.84 bits per heavy atom. The van der Waals surface area contributed by atoms with Crippen LogP contribution in [0, 0.1) is 13.8 Å². The highest BCUT2D eigenvalue weighted by Crippen LogP contribution is 2.22. The molecule has 0 saturated heterocycles. The Kier molecular flexibility index (Phi) is 7.46. The second-order valence-corrected chi connectivity index (χ2v) is 8.24. The molecular formula is C23H27N5O2S. The largest absolute Gasteiger partial charge is 0.342 e. The van der Waals surface area contributed by atoms with Crippen molar-refractivity contribution in [1.29, 1.82) is 0 Å². The second kappa shape index (κ2) is 10.3. The van der Waals surface area contributed by atoms with Gasteiger partial charge in [-0.2, -0.15) is 0 Å². The van der Waals surface area contributed by atoms with Crippen LogP contribution in [-0.2, 0) is 11.3 Å². The maximum absolute atomic E-state index is 12.4. The summed E-state index contributed by atoms with van der Waals surface area (Å²) in [4.78, 5) is 24.9. The molecule has 0 saturated carbocycles. The molecule has 1 atom stereocenters. The van der Waals surface area contributed by atoms with Gasteiger partial charge < -0.3 is 15.2 Å². The summed E-state index contributed by atoms with van der Waals surface area (Å²) in [5, 5.41) is 15.1. The lowest BCUT2D eigenvalue weighted by Gasteiger charge is -2.15. The number of aromatic nitrogens is 3. The number of nitrogens with zero attached hydrogens (tertiary/aromatic N) is 3. The van der Waals surface area contributed by atoms with Crippen molar-refractivity contribution in [3.8, 4) is 0 Å². The number of nitrogens with one attached hydrogen (secondary N) is 2. The summed E-state index contributed by atoms with van der Waals surface area (Å²) in [5.41, 5.74) is 3.59. The summed E-state index contributed by atoms with van der Waals surface area (Å²) < 4.78 is 1.92. The van der Waals surface area contributed by atoms with Crippen LogP contribution in [-0.4, -0.2) is 32.3 Å². The zero-order valence-corrected chi connectivity index (χ0v) is 19.0. The number of aryl methyl sites for hydroxylation is 2. The molecule has 3 rings (SSSR count). The summed E-state index contributed by atoms with van der Waals surface area (Å²) in [6, 6.07) is 14.7. The average Bonchev–Trinajstić information content (AvgIpc) is 3.18. The van der Waals surface area contributed by atoms with E-state index in [4.69, 9.17) is 0 Å². The standard InChI is InChI=1S/C23H27N5O2S/c1-5-28-21(17(4)24-22(30)18-9-7-6-8-10-18)26-27-23(28)31-14-20(29)25-19-12-11-15(2)13-16(19)3/h6-13,17H,5,14H2,1-4H3,(H,24,30)(H,25,29). The van der Waals surface area contributed by atoms with Crippen LogP contribution in [0.3, 0.4) is 0 Å². The molecule has 1 aromatic heterocycles. The minimum absolute atomic E-state index is 0.102. The van der Waals surface area contributed by atoms with E-state index in [0.717, 1.165) is 16.8 Å². The molecule has 0 spiro atoms. The van der Waals surface area contributed by atoms with Gasteiger partial charge in [0.25, 0.3) is 5.91 Å². The number of rotatable bonds is 8. The first-order chi connectivity index (χ1) is 14.9. The van der Waals surface area contributed by atoms with Crippen molar-refractivity contribution in [3.63, 3.8) is 0 Å². The highest BCUT2D eigenvalue weighted by atomic mass is 32.2. The molecule has 2 aromatic carbocycles. The normalized spacial score (nSPS) is 11.7. The molecule has 8 heteroatoms. The molecule has 31 heavy (non-hydrogen) atoms. The van der Waals surface area contributed by atoms with Crippen molar-refractivity contribution in [3.05, 3.63) is 71.0 Å². The average molecular weight is 438 g/mol. The Balaban J connectivity index is 1.62. The van der Waals surface area contributed by atoms with Crippen molar-refractivity contribution in [2.75, 3.05) is 11.1 Å². The number of amides is 2. The molecule has 0 fully saturated rings. The quantitative estimate of drug-likeness (QED) is 0.517. The Morgan fingerprint density at radius 1 is 1.10 bits per heavy atom. The lowest BCUT2D eigenvalue weighted by atomic mass is 10.1. The fourth-order valence-corrected chi connectivity index (χ4v) is 4.04. The van der Waals surface area contributed by atoms with Gasteiger partial charge in [-0.25, -0.2) is 0 Å². The Labute approximate surface area is 186 Å². The van der Waals surface area contributed by atoms with Gasteiger partial charge >= 0.3 is 0 Å². The minimum atomic E-state index is -0.321. The van der Waals surface area contributed by atoms with E-state index in [1.54, 1.807) is 12.1 Å². The van der Waals surface area contributed by atoms with E-state index < -0.39 is 0 Å². The molecule has 0 aliphatic carbocycles. The van der Waals surface area contributed by atoms with Crippen LogP contribution in [0.15, 0.2) is 53.7 Å². The number of carbonyl (C=O) groups is 2. The maximum atomic E-state index is 12.4. The van der Waals surface area contributed by atoms with Crippen LogP contribution in [0.2, 0.25) is 0 Å². The monoisotopic (exact) mass is 437 g/mol. The first kappa shape index (κ1) is 22.6. The molecular weight excluding hydrogens is 410 g/mol. The predicted octanol–water partition coefficient (Wildman–Crippen LogP) is 4.14. The molecule has 0 aliphatic heterocycles. The zero-order valence-electron chi connectivity index (χ0n) is 18.2. The Bertz CT molecular complexity index is 1070. The third-order valence-electron chi connectivity index (χ3n) is 4.82. The van der Waals surface area contributed by atoms with Crippen LogP contribution in [0.25, 0.3) is 0 Å². The van der Waals surface area contributed by atoms with Crippen molar-refractivity contribution in [2.24, 2.45) is 0 Å². The number of anilines is 1. The van der Waals surface area contributed by atoms with Gasteiger partial charge in [0.2, 0.25) is 5.91 Å². The first-order valence-electron chi connectivity index (χ1n) is 10.2. The number of thioether (sulfide) groups is 1. The van der Waals surface area contributed by atoms with Crippen LogP contribution in [0.4, 0.5) is 5.69 Å². The van der Waals surface area contributed by atoms with Crippen LogP contribution < -0.4 is 10.6 Å². The molecule has 3 aromatic rings. The molecule has 0 aliphatic rings. The summed E-state index contributed by atoms with van der Waals surface area (Å²) in [6.45, 7) is 8.49. The number of benzene rings is 2. The minimum Gasteiger partial charge on any atom is -0.342 e. The third-order valence-corrected chi connectivity index (χ3v) is 5.79. The van der Waals surface area contributed by atoms with Gasteiger partial charge in [-0.1, -0.05) is 47.7 Å². The van der Waals surface area contributed by atoms with Crippen LogP contribution in [0.5, 0.6) is 0 Å². The smallest absolute Gasteiger partial charge is 0.251 e. The van der Waals surface area contributed by atoms with Crippen LogP contribution >= 0.6 is 11.8 Å². The van der Waals surface area contributed by atoms with E-state index in [2.05, 4.69) is 20.8 Å². The van der Waals surface area contributed by atoms with Gasteiger partial charge in [0.1, 0.15) is 0 Å². The summed E-state index contributed by atoms with van der Waals surface area (Å²) in [5.74, 6) is 0.607. The van der Waals surface area contributed by atoms with E-state index >= 15 is 0 Å². The van der Waals surface area contributed by atoms with Gasteiger partial charge in [-0.05, 0) is 51.5 Å². The zero-order chi connectivity index (χ0) is 22.4. The molecule has 162 valence electrons. The van der Waals surface area contributed by atoms with Crippen molar-refractivity contribution in [2.45, 2.75) is 45.4 Å². The first-order valence-corrected chi connectivity index (χ1v) is 11.2. The van der Waals surface area contributed by atoms with Crippen molar-refractivity contribution < 1.29 is 9.59 Å². The highest BCUT2D eigenvalue weighted by molar-refractivity contribution is 7.99. The van der Waals surface area contributed by atoms with Crippen molar-refractivity contribution in [1.82, 2.24) is 20.1 Å². The summed E-state index contributed by atoms with van der Waals surface area (Å²) in [7, 11) is 0. The topological polar surface area (TPSA) is 88.9 Å². The fraction of sp³-hybridized carbons (Fsp3) is 0.304. The van der Waals surface area contributed by atoms with E-state index in [1.807, 2.05) is 68.7 Å². The van der Waals surface area contributed by atoms with E-state index in [0.29, 0.717) is 23.1 Å². The number of carbonyl (C=O) groups excluding carboxylic acids is 2. The number of hydrogen-bond donors (Lipinski definition) is 2. The molecule has 0 radical (unpaired) electrons. The Morgan fingerprint density at radius 3 is 2.52 bits per heavy atom. The van der Waals surface area contributed by atoms with Gasteiger partial charge in [0, 0.05) is 17.8 Å². The molecule has 2 amide bonds. The van der Waals surface area contributed by atoms with Gasteiger partial charge in [-0.15, -0.1) is 10.2 Å². The SMILES string of the molecule is CCn1c(SCC(=O)Nc2ccc(C)cc2C)nnc1C(C)NC(=O)c1ccccc1. The van der Waals surface area contributed by atoms with E-state index in [9.17, 15) is 9.59 Å². The molecule has 2 N–H and O–H groups in total. The van der Waals surface area contributed by atoms with E-state index in [1.165, 1.54) is 11.8 Å². The molecule has 7 nitrogen and oxygen atoms in total. The Hall–Kier alpha value is -3.13. The molecule has 1 heterocycles. The van der Waals surface area contributed by atoms with Crippen LogP contribution in [0.1, 0.15) is 47.2 Å². The lowest BCUT2D eigenvalue weighted by Crippen LogP contribution is -2.28. The number of hydrogen-bond acceptors (Lipinski definition) is 5. The second-order valence-electron chi connectivity index (χ2n) is 7.30. The van der Waals surface area contributed by atoms with Crippen molar-refractivity contribution >= 4 is 29.3 Å². The van der Waals surface area contributed by atoms with Gasteiger partial charge in [0.05, 0.1) is 11.8 Å². The summed E-state index contributed by atoms with van der Waals surface area (Å²) in [6.07, 6.45) is 0. The third kappa shape index (κ3) is 5.73.